The number of rotatable bonds is 6. The van der Waals surface area contributed by atoms with E-state index in [1.54, 1.807) is 0 Å². The molecule has 0 saturated heterocycles. The first kappa shape index (κ1) is 13.3. The number of carbonyl (C=O) groups excluding carboxylic acids is 2. The van der Waals surface area contributed by atoms with E-state index in [9.17, 15) is 9.59 Å². The molecule has 1 fully saturated rings. The average Bonchev–Trinajstić information content (AvgIpc) is 2.79. The van der Waals surface area contributed by atoms with E-state index < -0.39 is 0 Å². The molecule has 2 amide bonds. The van der Waals surface area contributed by atoms with Crippen LogP contribution >= 0.6 is 11.6 Å². The van der Waals surface area contributed by atoms with E-state index in [0.29, 0.717) is 18.9 Å². The molecule has 0 atom stereocenters. The third kappa shape index (κ3) is 5.35. The molecular formula is C11H19ClN2O2. The molecule has 4 nitrogen and oxygen atoms in total. The van der Waals surface area contributed by atoms with Crippen LogP contribution < -0.4 is 10.6 Å². The third-order valence-corrected chi connectivity index (χ3v) is 3.10. The van der Waals surface area contributed by atoms with Crippen molar-refractivity contribution >= 4 is 23.4 Å². The zero-order valence-electron chi connectivity index (χ0n) is 9.43. The van der Waals surface area contributed by atoms with Gasteiger partial charge in [-0.1, -0.05) is 12.8 Å². The van der Waals surface area contributed by atoms with Crippen molar-refractivity contribution in [2.75, 3.05) is 19.0 Å². The fourth-order valence-corrected chi connectivity index (χ4v) is 2.02. The summed E-state index contributed by atoms with van der Waals surface area (Å²) in [5.41, 5.74) is 0. The summed E-state index contributed by atoms with van der Waals surface area (Å²) >= 11 is 5.30. The largest absolute Gasteiger partial charge is 0.356 e. The predicted molar refractivity (Wildman–Crippen MR) is 63.3 cm³/mol. The summed E-state index contributed by atoms with van der Waals surface area (Å²) in [5, 5.41) is 5.45. The Bertz CT molecular complexity index is 240. The molecule has 5 heteroatoms. The molecule has 0 unspecified atom stereocenters. The molecule has 0 aromatic carbocycles. The molecule has 92 valence electrons. The third-order valence-electron chi connectivity index (χ3n) is 2.86. The molecule has 0 aromatic heterocycles. The smallest absolute Gasteiger partial charge is 0.234 e. The first-order valence-corrected chi connectivity index (χ1v) is 6.35. The zero-order valence-corrected chi connectivity index (χ0v) is 10.2. The number of carbonyl (C=O) groups is 2. The van der Waals surface area contributed by atoms with Crippen LogP contribution in [0.15, 0.2) is 0 Å². The number of alkyl halides is 1. The second-order valence-corrected chi connectivity index (χ2v) is 4.46. The number of hydrogen-bond donors (Lipinski definition) is 2. The summed E-state index contributed by atoms with van der Waals surface area (Å²) in [6.07, 6.45) is 5.35. The molecule has 0 radical (unpaired) electrons. The molecule has 16 heavy (non-hydrogen) atoms. The minimum absolute atomic E-state index is 0.00164. The lowest BCUT2D eigenvalue weighted by Gasteiger charge is -2.10. The van der Waals surface area contributed by atoms with Crippen LogP contribution in [0.1, 0.15) is 32.1 Å². The Kier molecular flexibility index (Phi) is 6.23. The average molecular weight is 247 g/mol. The Labute approximate surface area is 101 Å². The molecular weight excluding hydrogens is 228 g/mol. The summed E-state index contributed by atoms with van der Waals surface area (Å²) in [6.45, 7) is 1.14. The zero-order chi connectivity index (χ0) is 11.8. The molecule has 0 aromatic rings. The topological polar surface area (TPSA) is 58.2 Å². The van der Waals surface area contributed by atoms with Crippen molar-refractivity contribution < 1.29 is 9.59 Å². The monoisotopic (exact) mass is 246 g/mol. The van der Waals surface area contributed by atoms with E-state index >= 15 is 0 Å². The SMILES string of the molecule is O=C(CCl)NCCC(=O)NCC1CCCC1. The van der Waals surface area contributed by atoms with Crippen molar-refractivity contribution in [1.29, 1.82) is 0 Å². The predicted octanol–water partition coefficient (Wildman–Crippen LogP) is 1.04. The summed E-state index contributed by atoms with van der Waals surface area (Å²) in [6, 6.07) is 0. The van der Waals surface area contributed by atoms with Gasteiger partial charge in [-0.3, -0.25) is 9.59 Å². The van der Waals surface area contributed by atoms with Gasteiger partial charge in [-0.15, -0.1) is 11.6 Å². The van der Waals surface area contributed by atoms with Crippen molar-refractivity contribution in [3.8, 4) is 0 Å². The molecule has 1 aliphatic carbocycles. The van der Waals surface area contributed by atoms with Crippen LogP contribution in [0.2, 0.25) is 0 Å². The second kappa shape index (κ2) is 7.49. The van der Waals surface area contributed by atoms with Gasteiger partial charge >= 0.3 is 0 Å². The van der Waals surface area contributed by atoms with Crippen molar-refractivity contribution in [2.45, 2.75) is 32.1 Å². The quantitative estimate of drug-likeness (QED) is 0.688. The highest BCUT2D eigenvalue weighted by Crippen LogP contribution is 2.23. The summed E-state index contributed by atoms with van der Waals surface area (Å²) in [5.74, 6) is 0.373. The Balaban J connectivity index is 2.00. The minimum atomic E-state index is -0.231. The Hall–Kier alpha value is -0.770. The molecule has 1 aliphatic rings. The fraction of sp³-hybridized carbons (Fsp3) is 0.818. The normalized spacial score (nSPS) is 16.1. The highest BCUT2D eigenvalue weighted by molar-refractivity contribution is 6.27. The van der Waals surface area contributed by atoms with Crippen LogP contribution in [0.4, 0.5) is 0 Å². The molecule has 0 heterocycles. The number of amides is 2. The van der Waals surface area contributed by atoms with Crippen LogP contribution in [0.25, 0.3) is 0 Å². The summed E-state index contributed by atoms with van der Waals surface area (Å²) < 4.78 is 0. The van der Waals surface area contributed by atoms with Crippen LogP contribution in [-0.4, -0.2) is 30.8 Å². The lowest BCUT2D eigenvalue weighted by atomic mass is 10.1. The van der Waals surface area contributed by atoms with Crippen molar-refractivity contribution in [3.63, 3.8) is 0 Å². The van der Waals surface area contributed by atoms with Gasteiger partial charge in [0.1, 0.15) is 5.88 Å². The van der Waals surface area contributed by atoms with Gasteiger partial charge in [0.2, 0.25) is 11.8 Å². The van der Waals surface area contributed by atoms with Gasteiger partial charge in [-0.2, -0.15) is 0 Å². The maximum absolute atomic E-state index is 11.4. The first-order chi connectivity index (χ1) is 7.72. The number of halogens is 1. The Morgan fingerprint density at radius 3 is 2.44 bits per heavy atom. The highest BCUT2D eigenvalue weighted by Gasteiger charge is 2.15. The van der Waals surface area contributed by atoms with Gasteiger partial charge < -0.3 is 10.6 Å². The van der Waals surface area contributed by atoms with E-state index in [4.69, 9.17) is 11.6 Å². The van der Waals surface area contributed by atoms with Crippen molar-refractivity contribution in [2.24, 2.45) is 5.92 Å². The molecule has 1 rings (SSSR count). The fourth-order valence-electron chi connectivity index (χ4n) is 1.92. The van der Waals surface area contributed by atoms with Gasteiger partial charge in [0.05, 0.1) is 0 Å². The lowest BCUT2D eigenvalue weighted by molar-refractivity contribution is -0.121. The van der Waals surface area contributed by atoms with E-state index in [1.807, 2.05) is 0 Å². The number of hydrogen-bond acceptors (Lipinski definition) is 2. The van der Waals surface area contributed by atoms with Gasteiger partial charge in [0, 0.05) is 19.5 Å². The van der Waals surface area contributed by atoms with Crippen LogP contribution in [-0.2, 0) is 9.59 Å². The standard InChI is InChI=1S/C11H19ClN2O2/c12-7-11(16)13-6-5-10(15)14-8-9-3-1-2-4-9/h9H,1-8H2,(H,13,16)(H,14,15). The molecule has 0 bridgehead atoms. The lowest BCUT2D eigenvalue weighted by Crippen LogP contribution is -2.33. The summed E-state index contributed by atoms with van der Waals surface area (Å²) in [7, 11) is 0. The van der Waals surface area contributed by atoms with Crippen molar-refractivity contribution in [1.82, 2.24) is 10.6 Å². The van der Waals surface area contributed by atoms with Gasteiger partial charge in [0.25, 0.3) is 0 Å². The molecule has 2 N–H and O–H groups in total. The van der Waals surface area contributed by atoms with E-state index in [-0.39, 0.29) is 17.7 Å². The van der Waals surface area contributed by atoms with Crippen LogP contribution in [0.5, 0.6) is 0 Å². The van der Waals surface area contributed by atoms with Gasteiger partial charge in [0.15, 0.2) is 0 Å². The van der Waals surface area contributed by atoms with Gasteiger partial charge in [-0.05, 0) is 18.8 Å². The highest BCUT2D eigenvalue weighted by atomic mass is 35.5. The summed E-state index contributed by atoms with van der Waals surface area (Å²) in [4.78, 5) is 22.2. The second-order valence-electron chi connectivity index (χ2n) is 4.19. The Morgan fingerprint density at radius 2 is 1.81 bits per heavy atom. The van der Waals surface area contributed by atoms with E-state index in [2.05, 4.69) is 10.6 Å². The Morgan fingerprint density at radius 1 is 1.12 bits per heavy atom. The maximum atomic E-state index is 11.4. The van der Waals surface area contributed by atoms with Crippen molar-refractivity contribution in [3.05, 3.63) is 0 Å². The molecule has 0 spiro atoms. The molecule has 1 saturated carbocycles. The van der Waals surface area contributed by atoms with Crippen LogP contribution in [0.3, 0.4) is 0 Å². The maximum Gasteiger partial charge on any atom is 0.234 e. The molecule has 0 aliphatic heterocycles. The van der Waals surface area contributed by atoms with Crippen LogP contribution in [0, 0.1) is 5.92 Å². The van der Waals surface area contributed by atoms with E-state index in [0.717, 1.165) is 6.54 Å². The first-order valence-electron chi connectivity index (χ1n) is 5.81. The minimum Gasteiger partial charge on any atom is -0.356 e. The van der Waals surface area contributed by atoms with E-state index in [1.165, 1.54) is 25.7 Å². The number of nitrogens with one attached hydrogen (secondary N) is 2. The van der Waals surface area contributed by atoms with Gasteiger partial charge in [-0.25, -0.2) is 0 Å².